The molecule has 2 heterocycles. The van der Waals surface area contributed by atoms with Gasteiger partial charge in [0.1, 0.15) is 17.0 Å². The summed E-state index contributed by atoms with van der Waals surface area (Å²) in [6.45, 7) is 2.80. The molecule has 0 bridgehead atoms. The summed E-state index contributed by atoms with van der Waals surface area (Å²) >= 11 is 1.69. The van der Waals surface area contributed by atoms with Crippen molar-refractivity contribution in [3.05, 3.63) is 17.3 Å². The minimum absolute atomic E-state index is 0.104. The number of hydrogen-bond acceptors (Lipinski definition) is 5. The number of fused-ring (bicyclic) bond motifs is 1. The molecule has 3 rings (SSSR count). The molecule has 2 aromatic rings. The van der Waals surface area contributed by atoms with E-state index in [-0.39, 0.29) is 11.8 Å². The molecule has 2 N–H and O–H groups in total. The van der Waals surface area contributed by atoms with Crippen LogP contribution in [0.15, 0.2) is 12.4 Å². The maximum Gasteiger partial charge on any atom is 0.303 e. The normalized spacial score (nSPS) is 16.6. The van der Waals surface area contributed by atoms with Gasteiger partial charge in [-0.1, -0.05) is 13.3 Å². The van der Waals surface area contributed by atoms with Crippen LogP contribution in [-0.4, -0.2) is 27.6 Å². The van der Waals surface area contributed by atoms with Crippen molar-refractivity contribution in [2.45, 2.75) is 39.0 Å². The Balaban J connectivity index is 1.78. The van der Waals surface area contributed by atoms with Gasteiger partial charge in [0, 0.05) is 11.4 Å². The van der Waals surface area contributed by atoms with E-state index in [2.05, 4.69) is 28.3 Å². The molecule has 1 fully saturated rings. The lowest BCUT2D eigenvalue weighted by Crippen LogP contribution is -2.38. The van der Waals surface area contributed by atoms with Gasteiger partial charge < -0.3 is 10.4 Å². The maximum atomic E-state index is 11.0. The van der Waals surface area contributed by atoms with Crippen LogP contribution in [-0.2, 0) is 11.2 Å². The van der Waals surface area contributed by atoms with Crippen LogP contribution in [0.5, 0.6) is 0 Å². The average Bonchev–Trinajstić information content (AvgIpc) is 2.84. The molecule has 6 heteroatoms. The van der Waals surface area contributed by atoms with Gasteiger partial charge in [0.05, 0.1) is 11.8 Å². The first-order valence-corrected chi connectivity index (χ1v) is 8.13. The van der Waals surface area contributed by atoms with Crippen molar-refractivity contribution in [1.29, 1.82) is 0 Å². The molecule has 5 nitrogen and oxygen atoms in total. The van der Waals surface area contributed by atoms with Crippen molar-refractivity contribution >= 4 is 33.3 Å². The van der Waals surface area contributed by atoms with E-state index in [1.165, 1.54) is 4.88 Å². The van der Waals surface area contributed by atoms with Crippen molar-refractivity contribution < 1.29 is 9.90 Å². The van der Waals surface area contributed by atoms with Gasteiger partial charge in [-0.15, -0.1) is 11.3 Å². The number of hydrogen-bond donors (Lipinski definition) is 2. The SMILES string of the molecule is CCc1cc2c(NCC3(CC(=O)O)CCC3)ncnc2s1. The fraction of sp³-hybridized carbons (Fsp3) is 0.533. The molecule has 0 aromatic carbocycles. The summed E-state index contributed by atoms with van der Waals surface area (Å²) in [5.74, 6) is 0.112. The summed E-state index contributed by atoms with van der Waals surface area (Å²) in [4.78, 5) is 21.9. The second-order valence-corrected chi connectivity index (χ2v) is 6.90. The van der Waals surface area contributed by atoms with Gasteiger partial charge in [0.2, 0.25) is 0 Å². The van der Waals surface area contributed by atoms with E-state index < -0.39 is 5.97 Å². The molecule has 21 heavy (non-hydrogen) atoms. The minimum atomic E-state index is -0.715. The summed E-state index contributed by atoms with van der Waals surface area (Å²) < 4.78 is 0. The number of aliphatic carboxylic acids is 1. The number of aromatic nitrogens is 2. The lowest BCUT2D eigenvalue weighted by molar-refractivity contribution is -0.141. The third kappa shape index (κ3) is 2.85. The molecule has 0 spiro atoms. The van der Waals surface area contributed by atoms with Crippen molar-refractivity contribution in [2.75, 3.05) is 11.9 Å². The number of carboxylic acids is 1. The molecular weight excluding hydrogens is 286 g/mol. The Morgan fingerprint density at radius 3 is 2.90 bits per heavy atom. The topological polar surface area (TPSA) is 75.1 Å². The highest BCUT2D eigenvalue weighted by Gasteiger charge is 2.38. The number of carboxylic acid groups (broad SMARTS) is 1. The number of nitrogens with zero attached hydrogens (tertiary/aromatic N) is 2. The van der Waals surface area contributed by atoms with Gasteiger partial charge in [0.15, 0.2) is 0 Å². The largest absolute Gasteiger partial charge is 0.481 e. The minimum Gasteiger partial charge on any atom is -0.481 e. The van der Waals surface area contributed by atoms with Crippen LogP contribution in [0.2, 0.25) is 0 Å². The van der Waals surface area contributed by atoms with E-state index in [0.717, 1.165) is 41.7 Å². The van der Waals surface area contributed by atoms with Crippen LogP contribution in [0.3, 0.4) is 0 Å². The third-order valence-corrected chi connectivity index (χ3v) is 5.49. The molecule has 1 aliphatic rings. The zero-order chi connectivity index (χ0) is 14.9. The first-order chi connectivity index (χ1) is 10.1. The highest BCUT2D eigenvalue weighted by molar-refractivity contribution is 7.18. The number of thiophene rings is 1. The summed E-state index contributed by atoms with van der Waals surface area (Å²) in [5, 5.41) is 13.5. The van der Waals surface area contributed by atoms with Gasteiger partial charge in [-0.05, 0) is 30.7 Å². The fourth-order valence-corrected chi connectivity index (χ4v) is 3.84. The fourth-order valence-electron chi connectivity index (χ4n) is 2.91. The summed E-state index contributed by atoms with van der Waals surface area (Å²) in [6.07, 6.45) is 5.87. The monoisotopic (exact) mass is 305 g/mol. The molecule has 0 aliphatic heterocycles. The molecule has 0 amide bonds. The number of aryl methyl sites for hydroxylation is 1. The Labute approximate surface area is 127 Å². The van der Waals surface area contributed by atoms with E-state index >= 15 is 0 Å². The highest BCUT2D eigenvalue weighted by Crippen LogP contribution is 2.44. The summed E-state index contributed by atoms with van der Waals surface area (Å²) in [6, 6.07) is 2.13. The molecule has 0 saturated heterocycles. The van der Waals surface area contributed by atoms with Gasteiger partial charge >= 0.3 is 5.97 Å². The summed E-state index contributed by atoms with van der Waals surface area (Å²) in [7, 11) is 0. The van der Waals surface area contributed by atoms with Gasteiger partial charge in [0.25, 0.3) is 0 Å². The van der Waals surface area contributed by atoms with Crippen LogP contribution in [0.1, 0.15) is 37.5 Å². The molecule has 2 aromatic heterocycles. The van der Waals surface area contributed by atoms with E-state index in [0.29, 0.717) is 6.54 Å². The second-order valence-electron chi connectivity index (χ2n) is 5.78. The van der Waals surface area contributed by atoms with E-state index in [9.17, 15) is 4.79 Å². The zero-order valence-electron chi connectivity index (χ0n) is 12.1. The van der Waals surface area contributed by atoms with Crippen molar-refractivity contribution in [2.24, 2.45) is 5.41 Å². The predicted octanol–water partition coefficient (Wildman–Crippen LogP) is 3.31. The Kier molecular flexibility index (Phi) is 3.80. The van der Waals surface area contributed by atoms with Crippen molar-refractivity contribution in [3.8, 4) is 0 Å². The number of rotatable bonds is 6. The van der Waals surface area contributed by atoms with Crippen LogP contribution >= 0.6 is 11.3 Å². The molecule has 0 unspecified atom stereocenters. The zero-order valence-corrected chi connectivity index (χ0v) is 12.9. The van der Waals surface area contributed by atoms with Crippen molar-refractivity contribution in [1.82, 2.24) is 9.97 Å². The van der Waals surface area contributed by atoms with E-state index in [1.807, 2.05) is 0 Å². The van der Waals surface area contributed by atoms with Crippen LogP contribution < -0.4 is 5.32 Å². The third-order valence-electron chi connectivity index (χ3n) is 4.30. The predicted molar refractivity (Wildman–Crippen MR) is 83.8 cm³/mol. The molecule has 1 aliphatic carbocycles. The van der Waals surface area contributed by atoms with Gasteiger partial charge in [-0.2, -0.15) is 0 Å². The summed E-state index contributed by atoms with van der Waals surface area (Å²) in [5.41, 5.74) is -0.104. The van der Waals surface area contributed by atoms with Crippen LogP contribution in [0.4, 0.5) is 5.82 Å². The van der Waals surface area contributed by atoms with Gasteiger partial charge in [-0.25, -0.2) is 9.97 Å². The highest BCUT2D eigenvalue weighted by atomic mass is 32.1. The Bertz CT molecular complexity index is 664. The van der Waals surface area contributed by atoms with Crippen LogP contribution in [0, 0.1) is 5.41 Å². The second kappa shape index (κ2) is 5.60. The standard InChI is InChI=1S/C15H19N3O2S/c1-2-10-6-11-13(17-9-18-14(11)21-10)16-8-15(4-3-5-15)7-12(19)20/h6,9H,2-5,7-8H2,1H3,(H,19,20)(H,16,17,18). The molecule has 0 radical (unpaired) electrons. The number of nitrogens with one attached hydrogen (secondary N) is 1. The van der Waals surface area contributed by atoms with Gasteiger partial charge in [-0.3, -0.25) is 4.79 Å². The van der Waals surface area contributed by atoms with Crippen LogP contribution in [0.25, 0.3) is 10.2 Å². The van der Waals surface area contributed by atoms with E-state index in [4.69, 9.17) is 5.11 Å². The number of anilines is 1. The van der Waals surface area contributed by atoms with E-state index in [1.54, 1.807) is 17.7 Å². The lowest BCUT2D eigenvalue weighted by atomic mass is 9.66. The number of carbonyl (C=O) groups is 1. The smallest absolute Gasteiger partial charge is 0.303 e. The lowest BCUT2D eigenvalue weighted by Gasteiger charge is -2.41. The Morgan fingerprint density at radius 2 is 2.29 bits per heavy atom. The Morgan fingerprint density at radius 1 is 1.48 bits per heavy atom. The quantitative estimate of drug-likeness (QED) is 0.856. The molecular formula is C15H19N3O2S. The first-order valence-electron chi connectivity index (χ1n) is 7.31. The average molecular weight is 305 g/mol. The van der Waals surface area contributed by atoms with Crippen molar-refractivity contribution in [3.63, 3.8) is 0 Å². The molecule has 1 saturated carbocycles. The maximum absolute atomic E-state index is 11.0. The first kappa shape index (κ1) is 14.3. The molecule has 0 atom stereocenters. The Hall–Kier alpha value is -1.69. The molecule has 112 valence electrons.